The Labute approximate surface area is 90.3 Å². The molecule has 0 amide bonds. The molecule has 0 spiro atoms. The fourth-order valence-electron chi connectivity index (χ4n) is 1.35. The highest BCUT2D eigenvalue weighted by Gasteiger charge is 2.17. The highest BCUT2D eigenvalue weighted by Crippen LogP contribution is 2.26. The molecule has 1 radical (unpaired) electrons. The van der Waals surface area contributed by atoms with E-state index in [1.54, 1.807) is 6.92 Å². The van der Waals surface area contributed by atoms with Gasteiger partial charge in [-0.2, -0.15) is 0 Å². The molecule has 1 aromatic rings. The van der Waals surface area contributed by atoms with Gasteiger partial charge in [0.2, 0.25) is 0 Å². The normalized spacial score (nSPS) is 12.2. The summed E-state index contributed by atoms with van der Waals surface area (Å²) in [6.07, 6.45) is 0. The van der Waals surface area contributed by atoms with Crippen molar-refractivity contribution in [2.75, 3.05) is 6.67 Å². The highest BCUT2D eigenvalue weighted by atomic mass is 19.1. The molecule has 0 bridgehead atoms. The molecule has 0 saturated carbocycles. The summed E-state index contributed by atoms with van der Waals surface area (Å²) in [6.45, 7) is 7.18. The van der Waals surface area contributed by atoms with Gasteiger partial charge in [0.15, 0.2) is 0 Å². The summed E-state index contributed by atoms with van der Waals surface area (Å²) in [5.41, 5.74) is 1.43. The van der Waals surface area contributed by atoms with Crippen LogP contribution in [0.2, 0.25) is 0 Å². The van der Waals surface area contributed by atoms with Gasteiger partial charge in [0.05, 0.1) is 6.67 Å². The molecule has 0 nitrogen and oxygen atoms in total. The molecule has 1 aromatic carbocycles. The van der Waals surface area contributed by atoms with Crippen molar-refractivity contribution in [2.45, 2.75) is 33.1 Å². The highest BCUT2D eigenvalue weighted by molar-refractivity contribution is 5.37. The fourth-order valence-corrected chi connectivity index (χ4v) is 1.35. The van der Waals surface area contributed by atoms with E-state index in [0.29, 0.717) is 11.5 Å². The second-order valence-electron chi connectivity index (χ2n) is 4.89. The lowest BCUT2D eigenvalue weighted by atomic mass is 9.85. The average Bonchev–Trinajstić information content (AvgIpc) is 2.14. The minimum atomic E-state index is -0.535. The molecule has 0 fully saturated rings. The van der Waals surface area contributed by atoms with Gasteiger partial charge in [0.25, 0.3) is 0 Å². The van der Waals surface area contributed by atoms with Crippen LogP contribution in [0.15, 0.2) is 18.2 Å². The predicted molar refractivity (Wildman–Crippen MR) is 59.1 cm³/mol. The molecular formula is C13H17F2. The van der Waals surface area contributed by atoms with Crippen molar-refractivity contribution in [3.63, 3.8) is 0 Å². The summed E-state index contributed by atoms with van der Waals surface area (Å²) in [7, 11) is 0. The van der Waals surface area contributed by atoms with E-state index >= 15 is 0 Å². The van der Waals surface area contributed by atoms with Crippen LogP contribution in [0.1, 0.15) is 38.8 Å². The van der Waals surface area contributed by atoms with Crippen LogP contribution < -0.4 is 0 Å². The van der Waals surface area contributed by atoms with Crippen molar-refractivity contribution >= 4 is 0 Å². The Bertz CT molecular complexity index is 337. The van der Waals surface area contributed by atoms with Crippen molar-refractivity contribution in [3.8, 4) is 0 Å². The standard InChI is InChI=1S/C13H17F2/c1-9(8-14)10-5-11(13(2,3)4)7-12(15)6-10/h5-7H,8H2,1-4H3. The molecule has 1 rings (SSSR count). The van der Waals surface area contributed by atoms with E-state index in [-0.39, 0.29) is 11.2 Å². The van der Waals surface area contributed by atoms with Crippen molar-refractivity contribution in [1.29, 1.82) is 0 Å². The molecule has 0 aliphatic heterocycles. The van der Waals surface area contributed by atoms with Crippen LogP contribution in [0.3, 0.4) is 0 Å². The Balaban J connectivity index is 3.17. The molecule has 0 atom stereocenters. The van der Waals surface area contributed by atoms with Gasteiger partial charge in [-0.15, -0.1) is 0 Å². The lowest BCUT2D eigenvalue weighted by Gasteiger charge is -2.21. The molecule has 15 heavy (non-hydrogen) atoms. The molecule has 83 valence electrons. The third-order valence-electron chi connectivity index (χ3n) is 2.46. The number of hydrogen-bond acceptors (Lipinski definition) is 0. The largest absolute Gasteiger partial charge is 0.250 e. The summed E-state index contributed by atoms with van der Waals surface area (Å²) >= 11 is 0. The number of alkyl halides is 1. The molecule has 0 N–H and O–H groups in total. The minimum Gasteiger partial charge on any atom is -0.250 e. The minimum absolute atomic E-state index is 0.118. The zero-order valence-corrected chi connectivity index (χ0v) is 9.70. The maximum Gasteiger partial charge on any atom is 0.123 e. The predicted octanol–water partition coefficient (Wildman–Crippen LogP) is 4.04. The van der Waals surface area contributed by atoms with Gasteiger partial charge in [0.1, 0.15) is 5.82 Å². The van der Waals surface area contributed by atoms with Crippen molar-refractivity contribution in [1.82, 2.24) is 0 Å². The monoisotopic (exact) mass is 211 g/mol. The van der Waals surface area contributed by atoms with Crippen LogP contribution in [0.4, 0.5) is 8.78 Å². The van der Waals surface area contributed by atoms with Gasteiger partial charge in [-0.25, -0.2) is 4.39 Å². The van der Waals surface area contributed by atoms with E-state index in [2.05, 4.69) is 0 Å². The van der Waals surface area contributed by atoms with Gasteiger partial charge >= 0.3 is 0 Å². The summed E-state index contributed by atoms with van der Waals surface area (Å²) in [4.78, 5) is 0. The number of halogens is 2. The molecule has 0 aliphatic rings. The molecule has 0 unspecified atom stereocenters. The summed E-state index contributed by atoms with van der Waals surface area (Å²) in [5.74, 6) is 0.269. The van der Waals surface area contributed by atoms with Crippen LogP contribution in [0, 0.1) is 11.7 Å². The Kier molecular flexibility index (Phi) is 3.48. The van der Waals surface area contributed by atoms with Crippen molar-refractivity contribution in [3.05, 3.63) is 41.1 Å². The molecule has 0 saturated heterocycles. The first kappa shape index (κ1) is 12.2. The molecule has 0 aromatic heterocycles. The van der Waals surface area contributed by atoms with Crippen LogP contribution in [0.5, 0.6) is 0 Å². The second kappa shape index (κ2) is 4.30. The SMILES string of the molecule is C[C](CF)c1cc(F)cc(C(C)(C)C)c1. The fraction of sp³-hybridized carbons (Fsp3) is 0.462. The summed E-state index contributed by atoms with van der Waals surface area (Å²) < 4.78 is 25.8. The van der Waals surface area contributed by atoms with Gasteiger partial charge < -0.3 is 0 Å². The van der Waals surface area contributed by atoms with Crippen molar-refractivity contribution < 1.29 is 8.78 Å². The summed E-state index contributed by atoms with van der Waals surface area (Å²) in [6, 6.07) is 4.75. The van der Waals surface area contributed by atoms with Gasteiger partial charge in [-0.3, -0.25) is 4.39 Å². The maximum atomic E-state index is 13.3. The Hall–Kier alpha value is -0.920. The third kappa shape index (κ3) is 3.01. The van der Waals surface area contributed by atoms with Crippen LogP contribution in [0.25, 0.3) is 0 Å². The van der Waals surface area contributed by atoms with Crippen LogP contribution in [-0.2, 0) is 5.41 Å². The van der Waals surface area contributed by atoms with E-state index < -0.39 is 6.67 Å². The van der Waals surface area contributed by atoms with Crippen molar-refractivity contribution in [2.24, 2.45) is 0 Å². The Morgan fingerprint density at radius 2 is 1.80 bits per heavy atom. The van der Waals surface area contributed by atoms with E-state index in [4.69, 9.17) is 0 Å². The third-order valence-corrected chi connectivity index (χ3v) is 2.46. The summed E-state index contributed by atoms with van der Waals surface area (Å²) in [5, 5.41) is 0. The number of hydrogen-bond donors (Lipinski definition) is 0. The van der Waals surface area contributed by atoms with Gasteiger partial charge in [-0.1, -0.05) is 33.8 Å². The second-order valence-corrected chi connectivity index (χ2v) is 4.89. The zero-order valence-electron chi connectivity index (χ0n) is 9.70. The maximum absolute atomic E-state index is 13.3. The lowest BCUT2D eigenvalue weighted by molar-refractivity contribution is 0.513. The molecule has 2 heteroatoms. The zero-order chi connectivity index (χ0) is 11.6. The van der Waals surface area contributed by atoms with E-state index in [0.717, 1.165) is 5.56 Å². The van der Waals surface area contributed by atoms with E-state index in [1.165, 1.54) is 12.1 Å². The first-order valence-electron chi connectivity index (χ1n) is 5.04. The smallest absolute Gasteiger partial charge is 0.123 e. The lowest BCUT2D eigenvalue weighted by Crippen LogP contribution is -2.12. The Morgan fingerprint density at radius 3 is 2.27 bits per heavy atom. The quantitative estimate of drug-likeness (QED) is 0.692. The first-order valence-corrected chi connectivity index (χ1v) is 5.04. The first-order chi connectivity index (χ1) is 6.84. The molecule has 0 aliphatic carbocycles. The molecule has 0 heterocycles. The topological polar surface area (TPSA) is 0 Å². The Morgan fingerprint density at radius 1 is 1.20 bits per heavy atom. The van der Waals surface area contributed by atoms with Gasteiger partial charge in [0, 0.05) is 5.92 Å². The molecular weight excluding hydrogens is 194 g/mol. The average molecular weight is 211 g/mol. The van der Waals surface area contributed by atoms with Crippen LogP contribution in [-0.4, -0.2) is 6.67 Å². The van der Waals surface area contributed by atoms with E-state index in [9.17, 15) is 8.78 Å². The van der Waals surface area contributed by atoms with Crippen LogP contribution >= 0.6 is 0 Å². The number of benzene rings is 1. The van der Waals surface area contributed by atoms with Gasteiger partial charge in [-0.05, 0) is 28.7 Å². The van der Waals surface area contributed by atoms with E-state index in [1.807, 2.05) is 26.8 Å². The number of rotatable bonds is 2.